The number of carbonyl (C=O) groups excluding carboxylic acids is 2. The Kier molecular flexibility index (Phi) is 5.51. The summed E-state index contributed by atoms with van der Waals surface area (Å²) in [7, 11) is 4.65. The van der Waals surface area contributed by atoms with E-state index in [1.165, 1.54) is 7.11 Å². The van der Waals surface area contributed by atoms with Crippen molar-refractivity contribution in [2.45, 2.75) is 27.3 Å². The van der Waals surface area contributed by atoms with E-state index in [0.717, 1.165) is 16.9 Å². The van der Waals surface area contributed by atoms with Crippen LogP contribution in [0.2, 0.25) is 0 Å². The Morgan fingerprint density at radius 1 is 1.16 bits per heavy atom. The molecule has 2 rings (SSSR count). The molecule has 6 heteroatoms. The van der Waals surface area contributed by atoms with E-state index in [1.807, 2.05) is 25.1 Å². The van der Waals surface area contributed by atoms with Crippen LogP contribution in [0.5, 0.6) is 5.75 Å². The number of aryl methyl sites for hydroxylation is 2. The number of H-pyrrole nitrogens is 1. The Labute approximate surface area is 147 Å². The molecule has 25 heavy (non-hydrogen) atoms. The Morgan fingerprint density at radius 2 is 1.84 bits per heavy atom. The van der Waals surface area contributed by atoms with Crippen molar-refractivity contribution < 1.29 is 19.1 Å². The van der Waals surface area contributed by atoms with Crippen molar-refractivity contribution >= 4 is 11.9 Å². The normalized spacial score (nSPS) is 10.5. The molecule has 1 heterocycles. The maximum absolute atomic E-state index is 12.8. The van der Waals surface area contributed by atoms with Crippen LogP contribution in [0.4, 0.5) is 0 Å². The van der Waals surface area contributed by atoms with E-state index >= 15 is 0 Å². The lowest BCUT2D eigenvalue weighted by atomic mass is 10.1. The molecule has 0 saturated heterocycles. The van der Waals surface area contributed by atoms with Crippen LogP contribution in [0.1, 0.15) is 43.2 Å². The van der Waals surface area contributed by atoms with Crippen molar-refractivity contribution in [2.24, 2.45) is 0 Å². The highest BCUT2D eigenvalue weighted by atomic mass is 16.5. The predicted octanol–water partition coefficient (Wildman–Crippen LogP) is 3.01. The number of ether oxygens (including phenoxy) is 2. The van der Waals surface area contributed by atoms with E-state index in [9.17, 15) is 9.59 Å². The third-order valence-electron chi connectivity index (χ3n) is 4.23. The second kappa shape index (κ2) is 7.42. The number of carbonyl (C=O) groups is 2. The molecule has 1 aromatic heterocycles. The molecular weight excluding hydrogens is 320 g/mol. The summed E-state index contributed by atoms with van der Waals surface area (Å²) >= 11 is 0. The van der Waals surface area contributed by atoms with Crippen LogP contribution in [-0.4, -0.2) is 43.0 Å². The molecule has 1 aromatic carbocycles. The lowest BCUT2D eigenvalue weighted by Gasteiger charge is -2.19. The van der Waals surface area contributed by atoms with Crippen molar-refractivity contribution in [1.29, 1.82) is 0 Å². The smallest absolute Gasteiger partial charge is 0.339 e. The molecule has 0 spiro atoms. The van der Waals surface area contributed by atoms with Crippen LogP contribution in [-0.2, 0) is 11.3 Å². The van der Waals surface area contributed by atoms with E-state index < -0.39 is 5.97 Å². The quantitative estimate of drug-likeness (QED) is 0.847. The second-order valence-electron chi connectivity index (χ2n) is 6.09. The van der Waals surface area contributed by atoms with Crippen LogP contribution in [0.15, 0.2) is 18.2 Å². The van der Waals surface area contributed by atoms with Gasteiger partial charge in [0.1, 0.15) is 11.4 Å². The molecule has 1 N–H and O–H groups in total. The minimum absolute atomic E-state index is 0.195. The topological polar surface area (TPSA) is 71.6 Å². The number of rotatable bonds is 5. The summed E-state index contributed by atoms with van der Waals surface area (Å²) in [6.07, 6.45) is 0. The molecule has 6 nitrogen and oxygen atoms in total. The molecule has 0 bridgehead atoms. The zero-order valence-corrected chi connectivity index (χ0v) is 15.5. The minimum atomic E-state index is -0.451. The fraction of sp³-hybridized carbons (Fsp3) is 0.368. The molecular formula is C19H24N2O4. The summed E-state index contributed by atoms with van der Waals surface area (Å²) < 4.78 is 10.2. The van der Waals surface area contributed by atoms with Gasteiger partial charge in [-0.25, -0.2) is 4.79 Å². The van der Waals surface area contributed by atoms with Gasteiger partial charge in [-0.1, -0.05) is 17.7 Å². The maximum atomic E-state index is 12.8. The lowest BCUT2D eigenvalue weighted by Crippen LogP contribution is -2.27. The van der Waals surface area contributed by atoms with Gasteiger partial charge in [-0.15, -0.1) is 0 Å². The summed E-state index contributed by atoms with van der Waals surface area (Å²) in [5.41, 5.74) is 4.04. The van der Waals surface area contributed by atoms with Crippen LogP contribution < -0.4 is 4.74 Å². The molecule has 1 amide bonds. The average Bonchev–Trinajstić information content (AvgIpc) is 2.88. The van der Waals surface area contributed by atoms with Gasteiger partial charge in [0.2, 0.25) is 0 Å². The Balaban J connectivity index is 2.30. The Bertz CT molecular complexity index is 808. The number of nitrogens with one attached hydrogen (secondary N) is 1. The first kappa shape index (κ1) is 18.6. The largest absolute Gasteiger partial charge is 0.496 e. The van der Waals surface area contributed by atoms with Crippen LogP contribution in [0.3, 0.4) is 0 Å². The zero-order valence-electron chi connectivity index (χ0n) is 15.5. The number of methoxy groups -OCH3 is 2. The average molecular weight is 344 g/mol. The van der Waals surface area contributed by atoms with Crippen molar-refractivity contribution in [1.82, 2.24) is 9.88 Å². The molecule has 0 atom stereocenters. The molecule has 0 radical (unpaired) electrons. The SMILES string of the molecule is COC(=O)c1c(C)[nH]c(C(=O)N(C)Cc2cc(C)ccc2OC)c1C. The van der Waals surface area contributed by atoms with E-state index in [2.05, 4.69) is 4.98 Å². The number of hydrogen-bond acceptors (Lipinski definition) is 4. The third kappa shape index (κ3) is 3.68. The van der Waals surface area contributed by atoms with Crippen LogP contribution in [0, 0.1) is 20.8 Å². The number of hydrogen-bond donors (Lipinski definition) is 1. The van der Waals surface area contributed by atoms with Gasteiger partial charge in [0.25, 0.3) is 5.91 Å². The second-order valence-corrected chi connectivity index (χ2v) is 6.09. The van der Waals surface area contributed by atoms with Crippen molar-refractivity contribution in [3.05, 3.63) is 51.8 Å². The first-order chi connectivity index (χ1) is 11.8. The van der Waals surface area contributed by atoms with Gasteiger partial charge in [0.05, 0.1) is 19.8 Å². The van der Waals surface area contributed by atoms with Crippen LogP contribution >= 0.6 is 0 Å². The first-order valence-electron chi connectivity index (χ1n) is 7.96. The monoisotopic (exact) mass is 344 g/mol. The molecule has 2 aromatic rings. The number of aromatic amines is 1. The van der Waals surface area contributed by atoms with Crippen molar-refractivity contribution in [2.75, 3.05) is 21.3 Å². The predicted molar refractivity (Wildman–Crippen MR) is 95.1 cm³/mol. The summed E-state index contributed by atoms with van der Waals surface area (Å²) in [6.45, 7) is 5.88. The summed E-state index contributed by atoms with van der Waals surface area (Å²) in [5, 5.41) is 0. The van der Waals surface area contributed by atoms with Gasteiger partial charge < -0.3 is 19.4 Å². The fourth-order valence-corrected chi connectivity index (χ4v) is 2.92. The van der Waals surface area contributed by atoms with Crippen molar-refractivity contribution in [3.8, 4) is 5.75 Å². The number of benzene rings is 1. The number of esters is 1. The van der Waals surface area contributed by atoms with Crippen LogP contribution in [0.25, 0.3) is 0 Å². The van der Waals surface area contributed by atoms with Crippen molar-refractivity contribution in [3.63, 3.8) is 0 Å². The number of amides is 1. The number of nitrogens with zero attached hydrogens (tertiary/aromatic N) is 1. The molecule has 0 aliphatic heterocycles. The van der Waals surface area contributed by atoms with Gasteiger partial charge in [-0.05, 0) is 32.4 Å². The molecule has 0 fully saturated rings. The van der Waals surface area contributed by atoms with E-state index in [4.69, 9.17) is 9.47 Å². The first-order valence-corrected chi connectivity index (χ1v) is 7.96. The van der Waals surface area contributed by atoms with Gasteiger partial charge >= 0.3 is 5.97 Å². The summed E-state index contributed by atoms with van der Waals surface area (Å²) in [5.74, 6) is 0.0903. The maximum Gasteiger partial charge on any atom is 0.339 e. The Morgan fingerprint density at radius 3 is 2.44 bits per heavy atom. The minimum Gasteiger partial charge on any atom is -0.496 e. The lowest BCUT2D eigenvalue weighted by molar-refractivity contribution is 0.0599. The Hall–Kier alpha value is -2.76. The van der Waals surface area contributed by atoms with E-state index in [-0.39, 0.29) is 5.91 Å². The van der Waals surface area contributed by atoms with E-state index in [0.29, 0.717) is 29.1 Å². The highest BCUT2D eigenvalue weighted by molar-refractivity contribution is 6.00. The molecule has 0 unspecified atom stereocenters. The summed E-state index contributed by atoms with van der Waals surface area (Å²) in [4.78, 5) is 29.3. The van der Waals surface area contributed by atoms with E-state index in [1.54, 1.807) is 32.9 Å². The number of aromatic nitrogens is 1. The zero-order chi connectivity index (χ0) is 18.7. The van der Waals surface area contributed by atoms with Gasteiger partial charge in [0.15, 0.2) is 0 Å². The highest BCUT2D eigenvalue weighted by Crippen LogP contribution is 2.24. The van der Waals surface area contributed by atoms with Gasteiger partial charge in [0, 0.05) is 24.8 Å². The summed E-state index contributed by atoms with van der Waals surface area (Å²) in [6, 6.07) is 5.85. The fourth-order valence-electron chi connectivity index (χ4n) is 2.92. The van der Waals surface area contributed by atoms with Gasteiger partial charge in [-0.3, -0.25) is 4.79 Å². The molecule has 0 aliphatic carbocycles. The molecule has 0 saturated carbocycles. The molecule has 134 valence electrons. The highest BCUT2D eigenvalue weighted by Gasteiger charge is 2.24. The van der Waals surface area contributed by atoms with Gasteiger partial charge in [-0.2, -0.15) is 0 Å². The third-order valence-corrected chi connectivity index (χ3v) is 4.23. The standard InChI is InChI=1S/C19H24N2O4/c1-11-7-8-15(24-5)14(9-11)10-21(4)18(22)17-12(2)16(13(3)20-17)19(23)25-6/h7-9,20H,10H2,1-6H3. The molecule has 0 aliphatic rings.